The van der Waals surface area contributed by atoms with Crippen molar-refractivity contribution in [2.24, 2.45) is 0 Å². The SMILES string of the molecule is CCOC(=O)CC(NCc1ccccc1)c1ccc(CC)cc1. The molecule has 23 heavy (non-hydrogen) atoms. The molecule has 0 aromatic heterocycles. The number of benzene rings is 2. The number of esters is 1. The molecular formula is C20H25NO2. The van der Waals surface area contributed by atoms with Crippen molar-refractivity contribution in [2.45, 2.75) is 39.3 Å². The Hall–Kier alpha value is -2.13. The van der Waals surface area contributed by atoms with E-state index in [1.54, 1.807) is 0 Å². The van der Waals surface area contributed by atoms with Crippen LogP contribution in [0.2, 0.25) is 0 Å². The molecule has 1 atom stereocenters. The largest absolute Gasteiger partial charge is 0.466 e. The van der Waals surface area contributed by atoms with Crippen LogP contribution in [0.25, 0.3) is 0 Å². The fourth-order valence-corrected chi connectivity index (χ4v) is 2.52. The summed E-state index contributed by atoms with van der Waals surface area (Å²) in [7, 11) is 0. The normalized spacial score (nSPS) is 11.9. The number of hydrogen-bond acceptors (Lipinski definition) is 3. The van der Waals surface area contributed by atoms with E-state index in [1.165, 1.54) is 11.1 Å². The molecule has 2 aromatic carbocycles. The third-order valence-corrected chi connectivity index (χ3v) is 3.86. The Morgan fingerprint density at radius 1 is 1.00 bits per heavy atom. The van der Waals surface area contributed by atoms with Crippen LogP contribution in [0.5, 0.6) is 0 Å². The first-order valence-electron chi connectivity index (χ1n) is 8.24. The molecule has 0 saturated carbocycles. The van der Waals surface area contributed by atoms with E-state index in [2.05, 4.69) is 48.6 Å². The maximum Gasteiger partial charge on any atom is 0.307 e. The van der Waals surface area contributed by atoms with Gasteiger partial charge in [-0.1, -0.05) is 61.5 Å². The van der Waals surface area contributed by atoms with Crippen LogP contribution in [-0.4, -0.2) is 12.6 Å². The van der Waals surface area contributed by atoms with Crippen LogP contribution < -0.4 is 5.32 Å². The van der Waals surface area contributed by atoms with Crippen molar-refractivity contribution >= 4 is 5.97 Å². The lowest BCUT2D eigenvalue weighted by Gasteiger charge is -2.19. The number of nitrogens with one attached hydrogen (secondary N) is 1. The van der Waals surface area contributed by atoms with Gasteiger partial charge in [0.2, 0.25) is 0 Å². The summed E-state index contributed by atoms with van der Waals surface area (Å²) in [5.41, 5.74) is 3.62. The van der Waals surface area contributed by atoms with Crippen molar-refractivity contribution < 1.29 is 9.53 Å². The van der Waals surface area contributed by atoms with Crippen LogP contribution >= 0.6 is 0 Å². The Balaban J connectivity index is 2.08. The molecule has 3 nitrogen and oxygen atoms in total. The summed E-state index contributed by atoms with van der Waals surface area (Å²) in [5, 5.41) is 3.48. The van der Waals surface area contributed by atoms with Gasteiger partial charge in [-0.15, -0.1) is 0 Å². The van der Waals surface area contributed by atoms with Crippen LogP contribution in [0.15, 0.2) is 54.6 Å². The molecule has 0 saturated heterocycles. The summed E-state index contributed by atoms with van der Waals surface area (Å²) < 4.78 is 5.11. The van der Waals surface area contributed by atoms with E-state index in [4.69, 9.17) is 4.74 Å². The van der Waals surface area contributed by atoms with Gasteiger partial charge in [-0.2, -0.15) is 0 Å². The highest BCUT2D eigenvalue weighted by Crippen LogP contribution is 2.19. The predicted octanol–water partition coefficient (Wildman–Crippen LogP) is 4.03. The molecule has 0 aliphatic heterocycles. The van der Waals surface area contributed by atoms with Crippen molar-refractivity contribution in [1.29, 1.82) is 0 Å². The van der Waals surface area contributed by atoms with Gasteiger partial charge in [-0.3, -0.25) is 4.79 Å². The molecule has 2 aromatic rings. The predicted molar refractivity (Wildman–Crippen MR) is 93.1 cm³/mol. The van der Waals surface area contributed by atoms with Crippen molar-refractivity contribution in [2.75, 3.05) is 6.61 Å². The number of carbonyl (C=O) groups excluding carboxylic acids is 1. The van der Waals surface area contributed by atoms with E-state index in [0.29, 0.717) is 13.0 Å². The summed E-state index contributed by atoms with van der Waals surface area (Å²) in [6.07, 6.45) is 1.35. The number of carbonyl (C=O) groups is 1. The zero-order valence-electron chi connectivity index (χ0n) is 13.9. The van der Waals surface area contributed by atoms with Gasteiger partial charge in [-0.25, -0.2) is 0 Å². The highest BCUT2D eigenvalue weighted by molar-refractivity contribution is 5.70. The third kappa shape index (κ3) is 5.53. The Kier molecular flexibility index (Phi) is 6.82. The molecular weight excluding hydrogens is 286 g/mol. The molecule has 0 bridgehead atoms. The standard InChI is InChI=1S/C20H25NO2/c1-3-16-10-12-18(13-11-16)19(14-20(22)23-4-2)21-15-17-8-6-5-7-9-17/h5-13,19,21H,3-4,14-15H2,1-2H3. The molecule has 0 aliphatic rings. The summed E-state index contributed by atoms with van der Waals surface area (Å²) in [5.74, 6) is -0.169. The lowest BCUT2D eigenvalue weighted by Crippen LogP contribution is -2.24. The molecule has 0 aliphatic carbocycles. The average molecular weight is 311 g/mol. The lowest BCUT2D eigenvalue weighted by molar-refractivity contribution is -0.143. The van der Waals surface area contributed by atoms with E-state index >= 15 is 0 Å². The van der Waals surface area contributed by atoms with Crippen LogP contribution in [0, 0.1) is 0 Å². The summed E-state index contributed by atoms with van der Waals surface area (Å²) in [6, 6.07) is 18.6. The number of ether oxygens (including phenoxy) is 1. The van der Waals surface area contributed by atoms with Crippen LogP contribution in [-0.2, 0) is 22.5 Å². The quantitative estimate of drug-likeness (QED) is 0.748. The number of aryl methyl sites for hydroxylation is 1. The third-order valence-electron chi connectivity index (χ3n) is 3.86. The monoisotopic (exact) mass is 311 g/mol. The second-order valence-electron chi connectivity index (χ2n) is 5.52. The minimum Gasteiger partial charge on any atom is -0.466 e. The molecule has 3 heteroatoms. The summed E-state index contributed by atoms with van der Waals surface area (Å²) in [4.78, 5) is 11.9. The van der Waals surface area contributed by atoms with Gasteiger partial charge >= 0.3 is 5.97 Å². The Morgan fingerprint density at radius 3 is 2.30 bits per heavy atom. The highest BCUT2D eigenvalue weighted by atomic mass is 16.5. The van der Waals surface area contributed by atoms with Crippen molar-refractivity contribution in [3.8, 4) is 0 Å². The molecule has 0 heterocycles. The highest BCUT2D eigenvalue weighted by Gasteiger charge is 2.16. The van der Waals surface area contributed by atoms with Gasteiger partial charge in [0.05, 0.1) is 13.0 Å². The van der Waals surface area contributed by atoms with Crippen LogP contribution in [0.1, 0.15) is 43.0 Å². The van der Waals surface area contributed by atoms with Gasteiger partial charge in [0.1, 0.15) is 0 Å². The zero-order chi connectivity index (χ0) is 16.5. The van der Waals surface area contributed by atoms with Gasteiger partial charge in [-0.05, 0) is 30.0 Å². The van der Waals surface area contributed by atoms with Crippen molar-refractivity contribution in [3.63, 3.8) is 0 Å². The minimum atomic E-state index is -0.169. The average Bonchev–Trinajstić information content (AvgIpc) is 2.60. The van der Waals surface area contributed by atoms with Gasteiger partial charge in [0, 0.05) is 12.6 Å². The summed E-state index contributed by atoms with van der Waals surface area (Å²) in [6.45, 7) is 5.11. The lowest BCUT2D eigenvalue weighted by atomic mass is 10.0. The second kappa shape index (κ2) is 9.11. The first-order chi connectivity index (χ1) is 11.2. The molecule has 122 valence electrons. The van der Waals surface area contributed by atoms with E-state index in [-0.39, 0.29) is 12.0 Å². The molecule has 0 amide bonds. The first-order valence-corrected chi connectivity index (χ1v) is 8.24. The van der Waals surface area contributed by atoms with Crippen molar-refractivity contribution in [1.82, 2.24) is 5.32 Å². The maximum absolute atomic E-state index is 11.9. The number of hydrogen-bond donors (Lipinski definition) is 1. The van der Waals surface area contributed by atoms with Crippen molar-refractivity contribution in [3.05, 3.63) is 71.3 Å². The maximum atomic E-state index is 11.9. The molecule has 1 unspecified atom stereocenters. The molecule has 0 fully saturated rings. The van der Waals surface area contributed by atoms with Crippen LogP contribution in [0.4, 0.5) is 0 Å². The van der Waals surface area contributed by atoms with Gasteiger partial charge < -0.3 is 10.1 Å². The second-order valence-corrected chi connectivity index (χ2v) is 5.52. The van der Waals surface area contributed by atoms with Gasteiger partial charge in [0.15, 0.2) is 0 Å². The van der Waals surface area contributed by atoms with E-state index in [0.717, 1.165) is 18.5 Å². The fraction of sp³-hybridized carbons (Fsp3) is 0.350. The smallest absolute Gasteiger partial charge is 0.307 e. The van der Waals surface area contributed by atoms with Gasteiger partial charge in [0.25, 0.3) is 0 Å². The number of rotatable bonds is 8. The molecule has 0 spiro atoms. The topological polar surface area (TPSA) is 38.3 Å². The fourth-order valence-electron chi connectivity index (χ4n) is 2.52. The van der Waals surface area contributed by atoms with E-state index in [9.17, 15) is 4.79 Å². The molecule has 0 radical (unpaired) electrons. The zero-order valence-corrected chi connectivity index (χ0v) is 13.9. The Labute approximate surface area is 138 Å². The first kappa shape index (κ1) is 17.2. The van der Waals surface area contributed by atoms with Crippen LogP contribution in [0.3, 0.4) is 0 Å². The Morgan fingerprint density at radius 2 is 1.70 bits per heavy atom. The minimum absolute atomic E-state index is 0.0415. The van der Waals surface area contributed by atoms with E-state index in [1.807, 2.05) is 25.1 Å². The summed E-state index contributed by atoms with van der Waals surface area (Å²) >= 11 is 0. The molecule has 2 rings (SSSR count). The molecule has 1 N–H and O–H groups in total. The Bertz CT molecular complexity index is 593. The van der Waals surface area contributed by atoms with E-state index < -0.39 is 0 Å².